The van der Waals surface area contributed by atoms with Gasteiger partial charge in [0.25, 0.3) is 0 Å². The lowest BCUT2D eigenvalue weighted by molar-refractivity contribution is -0.302. The van der Waals surface area contributed by atoms with Gasteiger partial charge in [-0.05, 0) is 103 Å². The van der Waals surface area contributed by atoms with Crippen LogP contribution in [0.2, 0.25) is 0 Å². The Labute approximate surface area is 541 Å². The number of rotatable bonds is 65. The van der Waals surface area contributed by atoms with Crippen LogP contribution in [-0.4, -0.2) is 100 Å². The second-order valence-electron chi connectivity index (χ2n) is 25.6. The molecule has 1 amide bonds. The Morgan fingerprint density at radius 3 is 1.24 bits per heavy atom. The van der Waals surface area contributed by atoms with Gasteiger partial charge in [-0.2, -0.15) is 0 Å². The highest BCUT2D eigenvalue weighted by Crippen LogP contribution is 2.23. The van der Waals surface area contributed by atoms with Crippen LogP contribution in [0.4, 0.5) is 0 Å². The van der Waals surface area contributed by atoms with E-state index in [1.807, 2.05) is 6.08 Å². The third-order valence-corrected chi connectivity index (χ3v) is 17.2. The molecule has 0 bridgehead atoms. The third-order valence-electron chi connectivity index (χ3n) is 17.2. The molecule has 512 valence electrons. The van der Waals surface area contributed by atoms with Gasteiger partial charge in [0.15, 0.2) is 6.29 Å². The molecule has 1 saturated heterocycles. The Bertz CT molecular complexity index is 1690. The number of hydrogen-bond acceptors (Lipinski definition) is 10. The van der Waals surface area contributed by atoms with E-state index >= 15 is 0 Å². The number of ether oxygens (including phenoxy) is 3. The molecular formula is C77H139NO10. The number of unbranched alkanes of at least 4 members (excludes halogenated alkanes) is 41. The fourth-order valence-electron chi connectivity index (χ4n) is 11.4. The summed E-state index contributed by atoms with van der Waals surface area (Å²) in [6, 6.07) is -0.828. The fraction of sp³-hybridized carbons (Fsp3) is 0.818. The molecule has 88 heavy (non-hydrogen) atoms. The second-order valence-corrected chi connectivity index (χ2v) is 25.6. The highest BCUT2D eigenvalue weighted by molar-refractivity contribution is 5.76. The quantitative estimate of drug-likeness (QED) is 0.0195. The predicted molar refractivity (Wildman–Crippen MR) is 370 cm³/mol. The van der Waals surface area contributed by atoms with Gasteiger partial charge in [0, 0.05) is 12.8 Å². The van der Waals surface area contributed by atoms with Crippen molar-refractivity contribution >= 4 is 11.9 Å². The number of esters is 1. The summed E-state index contributed by atoms with van der Waals surface area (Å²) in [7, 11) is 0. The number of carbonyl (C=O) groups excluding carboxylic acids is 2. The average molecular weight is 1240 g/mol. The van der Waals surface area contributed by atoms with Gasteiger partial charge in [0.1, 0.15) is 24.4 Å². The Balaban J connectivity index is 1.97. The SMILES string of the molecule is CCC/C=C\C/C=C\CCCCCCCC(=O)OCCCCCCCCCCC/C=C\C/C=C\CCCCCCCCCCCCCCCCCCCC(=O)NC(COC1OC(CO)C(O)C(O)C1O)C(O)/C=C/CC/C=C/CCCCCCCCCC. The maximum atomic E-state index is 13.1. The minimum absolute atomic E-state index is 0.00907. The second kappa shape index (κ2) is 65.6. The molecule has 1 heterocycles. The van der Waals surface area contributed by atoms with Crippen LogP contribution in [0, 0.1) is 0 Å². The van der Waals surface area contributed by atoms with Crippen LogP contribution < -0.4 is 5.32 Å². The number of allylic oxidation sites excluding steroid dienone is 11. The van der Waals surface area contributed by atoms with Crippen LogP contribution in [0.25, 0.3) is 0 Å². The first-order valence-electron chi connectivity index (χ1n) is 37.2. The van der Waals surface area contributed by atoms with Gasteiger partial charge < -0.3 is 45.1 Å². The highest BCUT2D eigenvalue weighted by atomic mass is 16.7. The zero-order valence-electron chi connectivity index (χ0n) is 56.9. The van der Waals surface area contributed by atoms with Crippen LogP contribution in [0.3, 0.4) is 0 Å². The molecule has 0 spiro atoms. The van der Waals surface area contributed by atoms with Gasteiger partial charge >= 0.3 is 5.97 Å². The molecule has 0 saturated carbocycles. The summed E-state index contributed by atoms with van der Waals surface area (Å²) in [5.74, 6) is -0.198. The number of nitrogens with one attached hydrogen (secondary N) is 1. The van der Waals surface area contributed by atoms with Gasteiger partial charge in [-0.25, -0.2) is 0 Å². The van der Waals surface area contributed by atoms with Crippen molar-refractivity contribution in [2.45, 2.75) is 384 Å². The van der Waals surface area contributed by atoms with E-state index in [1.165, 1.54) is 244 Å². The van der Waals surface area contributed by atoms with E-state index in [2.05, 4.69) is 79.9 Å². The number of amides is 1. The molecule has 11 nitrogen and oxygen atoms in total. The average Bonchev–Trinajstić information content (AvgIpc) is 3.45. The van der Waals surface area contributed by atoms with Crippen molar-refractivity contribution in [3.8, 4) is 0 Å². The molecule has 1 aliphatic rings. The summed E-state index contributed by atoms with van der Waals surface area (Å²) < 4.78 is 16.7. The molecule has 7 atom stereocenters. The highest BCUT2D eigenvalue weighted by Gasteiger charge is 2.44. The van der Waals surface area contributed by atoms with Crippen LogP contribution in [-0.2, 0) is 23.8 Å². The monoisotopic (exact) mass is 1240 g/mol. The number of carbonyl (C=O) groups is 2. The molecule has 6 N–H and O–H groups in total. The number of aliphatic hydroxyl groups is 5. The van der Waals surface area contributed by atoms with Crippen molar-refractivity contribution < 1.29 is 49.3 Å². The summed E-state index contributed by atoms with van der Waals surface area (Å²) in [6.45, 7) is 4.28. The number of hydrogen-bond donors (Lipinski definition) is 6. The van der Waals surface area contributed by atoms with Gasteiger partial charge in [0.2, 0.25) is 5.91 Å². The Kier molecular flexibility index (Phi) is 61.9. The maximum Gasteiger partial charge on any atom is 0.305 e. The maximum absolute atomic E-state index is 13.1. The minimum Gasteiger partial charge on any atom is -0.466 e. The van der Waals surface area contributed by atoms with Gasteiger partial charge in [-0.15, -0.1) is 0 Å². The summed E-state index contributed by atoms with van der Waals surface area (Å²) in [6.07, 6.45) is 79.0. The van der Waals surface area contributed by atoms with Crippen LogP contribution in [0.1, 0.15) is 341 Å². The molecule has 0 aromatic carbocycles. The molecule has 0 aromatic rings. The molecule has 1 rings (SSSR count). The van der Waals surface area contributed by atoms with Crippen molar-refractivity contribution in [3.63, 3.8) is 0 Å². The molecule has 0 radical (unpaired) electrons. The lowest BCUT2D eigenvalue weighted by Gasteiger charge is -2.40. The fourth-order valence-corrected chi connectivity index (χ4v) is 11.4. The standard InChI is InChI=1S/C77H139NO10/c1-3-5-7-9-11-13-15-17-40-43-47-51-55-59-63-70(80)69(68-87-77-76(85)75(84)74(83)71(67-79)88-77)78-72(81)64-60-56-52-48-44-41-37-35-33-31-29-27-25-23-21-19-18-20-22-24-26-28-30-32-34-36-38-42-46-50-54-58-62-66-86-73(82)65-61-57-53-49-45-39-16-14-12-10-8-6-4-2/h8,10,14,16,22,24,28,30,43,47,59,63,69-71,74-77,79-80,83-85H,3-7,9,11-13,15,17-21,23,25-27,29,31-42,44-46,48-58,60-62,64-68H2,1-2H3,(H,78,81)/b10-8-,16-14-,24-22-,30-28-,47-43+,63-59+. The van der Waals surface area contributed by atoms with E-state index in [4.69, 9.17) is 14.2 Å². The largest absolute Gasteiger partial charge is 0.466 e. The van der Waals surface area contributed by atoms with Crippen molar-refractivity contribution in [2.24, 2.45) is 0 Å². The lowest BCUT2D eigenvalue weighted by atomic mass is 9.99. The van der Waals surface area contributed by atoms with Crippen LogP contribution in [0.5, 0.6) is 0 Å². The van der Waals surface area contributed by atoms with Crippen molar-refractivity contribution in [1.82, 2.24) is 5.32 Å². The molecule has 11 heteroatoms. The first-order chi connectivity index (χ1) is 43.2. The van der Waals surface area contributed by atoms with Gasteiger partial charge in [-0.3, -0.25) is 9.59 Å². The minimum atomic E-state index is -1.58. The third kappa shape index (κ3) is 53.7. The molecular weight excluding hydrogens is 1100 g/mol. The summed E-state index contributed by atoms with van der Waals surface area (Å²) in [5, 5.41) is 54.5. The van der Waals surface area contributed by atoms with Gasteiger partial charge in [-0.1, -0.05) is 299 Å². The topological polar surface area (TPSA) is 175 Å². The number of aliphatic hydroxyl groups excluding tert-OH is 5. The summed E-state index contributed by atoms with van der Waals surface area (Å²) >= 11 is 0. The van der Waals surface area contributed by atoms with E-state index in [-0.39, 0.29) is 18.5 Å². The normalized spacial score (nSPS) is 18.2. The smallest absolute Gasteiger partial charge is 0.305 e. The van der Waals surface area contributed by atoms with Crippen molar-refractivity contribution in [1.29, 1.82) is 0 Å². The summed E-state index contributed by atoms with van der Waals surface area (Å²) in [4.78, 5) is 25.1. The Hall–Kier alpha value is -2.90. The van der Waals surface area contributed by atoms with Crippen LogP contribution >= 0.6 is 0 Å². The molecule has 1 fully saturated rings. The first kappa shape index (κ1) is 83.1. The van der Waals surface area contributed by atoms with E-state index in [0.717, 1.165) is 70.6 Å². The molecule has 7 unspecified atom stereocenters. The zero-order valence-corrected chi connectivity index (χ0v) is 56.9. The van der Waals surface area contributed by atoms with E-state index < -0.39 is 49.5 Å². The molecule has 1 aliphatic heterocycles. The van der Waals surface area contributed by atoms with E-state index in [9.17, 15) is 35.1 Å². The van der Waals surface area contributed by atoms with Crippen LogP contribution in [0.15, 0.2) is 72.9 Å². The Morgan fingerprint density at radius 1 is 0.420 bits per heavy atom. The van der Waals surface area contributed by atoms with Crippen molar-refractivity contribution in [2.75, 3.05) is 19.8 Å². The lowest BCUT2D eigenvalue weighted by Crippen LogP contribution is -2.60. The zero-order chi connectivity index (χ0) is 63.7. The Morgan fingerprint density at radius 2 is 0.795 bits per heavy atom. The predicted octanol–water partition coefficient (Wildman–Crippen LogP) is 19.5. The summed E-state index contributed by atoms with van der Waals surface area (Å²) in [5.41, 5.74) is 0. The van der Waals surface area contributed by atoms with E-state index in [1.54, 1.807) is 6.08 Å². The van der Waals surface area contributed by atoms with Crippen molar-refractivity contribution in [3.05, 3.63) is 72.9 Å². The molecule has 0 aromatic heterocycles. The van der Waals surface area contributed by atoms with Gasteiger partial charge in [0.05, 0.1) is 32.0 Å². The first-order valence-corrected chi connectivity index (χ1v) is 37.2. The molecule has 0 aliphatic carbocycles. The van der Waals surface area contributed by atoms with E-state index in [0.29, 0.717) is 19.4 Å².